The van der Waals surface area contributed by atoms with E-state index in [1.807, 2.05) is 18.2 Å². The number of ether oxygens (including phenoxy) is 2. The second-order valence-corrected chi connectivity index (χ2v) is 4.84. The number of benzene rings is 1. The highest BCUT2D eigenvalue weighted by Gasteiger charge is 2.16. The third-order valence-corrected chi connectivity index (χ3v) is 3.37. The Balaban J connectivity index is 0.000000225. The Bertz CT molecular complexity index is 432. The first-order chi connectivity index (χ1) is 10.3. The van der Waals surface area contributed by atoms with Gasteiger partial charge in [0.2, 0.25) is 0 Å². The number of hydrogen-bond acceptors (Lipinski definition) is 5. The van der Waals surface area contributed by atoms with Crippen molar-refractivity contribution in [2.24, 2.45) is 5.73 Å². The number of carbonyl (C=O) groups excluding carboxylic acids is 1. The largest absolute Gasteiger partial charge is 0.379 e. The summed E-state index contributed by atoms with van der Waals surface area (Å²) in [6, 6.07) is 7.42. The van der Waals surface area contributed by atoms with Gasteiger partial charge in [0.25, 0.3) is 5.91 Å². The van der Waals surface area contributed by atoms with Crippen LogP contribution in [0.5, 0.6) is 0 Å². The molecule has 3 N–H and O–H groups in total. The summed E-state index contributed by atoms with van der Waals surface area (Å²) in [5, 5.41) is 3.16. The molecule has 0 spiro atoms. The van der Waals surface area contributed by atoms with Gasteiger partial charge in [-0.15, -0.1) is 0 Å². The summed E-state index contributed by atoms with van der Waals surface area (Å²) in [4.78, 5) is 13.4. The average Bonchev–Trinajstić information content (AvgIpc) is 2.58. The highest BCUT2D eigenvalue weighted by Crippen LogP contribution is 2.20. The number of morpholine rings is 2. The lowest BCUT2D eigenvalue weighted by molar-refractivity contribution is 0.0998. The fourth-order valence-corrected chi connectivity index (χ4v) is 2.28. The molecule has 1 aromatic rings. The zero-order valence-electron chi connectivity index (χ0n) is 12.2. The SMILES string of the molecule is C1COCCN1.NC(=O)c1ccccc1N1CCOCC1. The van der Waals surface area contributed by atoms with Crippen LogP contribution in [-0.2, 0) is 9.47 Å². The average molecular weight is 293 g/mol. The maximum absolute atomic E-state index is 11.2. The Morgan fingerprint density at radius 1 is 1.05 bits per heavy atom. The molecule has 2 aliphatic rings. The number of nitrogens with zero attached hydrogens (tertiary/aromatic N) is 1. The van der Waals surface area contributed by atoms with E-state index >= 15 is 0 Å². The summed E-state index contributed by atoms with van der Waals surface area (Å²) < 4.78 is 10.3. The summed E-state index contributed by atoms with van der Waals surface area (Å²) in [6.45, 7) is 6.86. The van der Waals surface area contributed by atoms with Gasteiger partial charge in [-0.05, 0) is 12.1 Å². The van der Waals surface area contributed by atoms with E-state index in [1.54, 1.807) is 6.07 Å². The van der Waals surface area contributed by atoms with E-state index in [0.29, 0.717) is 18.8 Å². The lowest BCUT2D eigenvalue weighted by Gasteiger charge is -2.29. The molecule has 2 aliphatic heterocycles. The van der Waals surface area contributed by atoms with Crippen LogP contribution in [0.4, 0.5) is 5.69 Å². The lowest BCUT2D eigenvalue weighted by Crippen LogP contribution is -2.37. The van der Waals surface area contributed by atoms with Crippen LogP contribution in [0.1, 0.15) is 10.4 Å². The zero-order chi connectivity index (χ0) is 14.9. The van der Waals surface area contributed by atoms with Crippen molar-refractivity contribution in [1.82, 2.24) is 5.32 Å². The first-order valence-electron chi connectivity index (χ1n) is 7.29. The molecule has 0 radical (unpaired) electrons. The number of para-hydroxylation sites is 1. The smallest absolute Gasteiger partial charge is 0.250 e. The van der Waals surface area contributed by atoms with Crippen LogP contribution in [0.15, 0.2) is 24.3 Å². The Hall–Kier alpha value is -1.63. The molecule has 0 aromatic heterocycles. The molecular weight excluding hydrogens is 270 g/mol. The molecule has 0 atom stereocenters. The summed E-state index contributed by atoms with van der Waals surface area (Å²) in [5.74, 6) is -0.378. The van der Waals surface area contributed by atoms with Gasteiger partial charge in [-0.25, -0.2) is 0 Å². The van der Waals surface area contributed by atoms with Gasteiger partial charge in [0.05, 0.1) is 32.0 Å². The molecule has 2 heterocycles. The van der Waals surface area contributed by atoms with Gasteiger partial charge < -0.3 is 25.4 Å². The van der Waals surface area contributed by atoms with Gasteiger partial charge in [-0.3, -0.25) is 4.79 Å². The van der Waals surface area contributed by atoms with Crippen LogP contribution in [0.25, 0.3) is 0 Å². The molecule has 1 aromatic carbocycles. The third-order valence-electron chi connectivity index (χ3n) is 3.37. The maximum Gasteiger partial charge on any atom is 0.250 e. The van der Waals surface area contributed by atoms with Crippen LogP contribution in [-0.4, -0.2) is 58.5 Å². The number of anilines is 1. The summed E-state index contributed by atoms with van der Waals surface area (Å²) in [5.41, 5.74) is 6.82. The second-order valence-electron chi connectivity index (χ2n) is 4.84. The first kappa shape index (κ1) is 15.8. The van der Waals surface area contributed by atoms with Crippen molar-refractivity contribution in [2.45, 2.75) is 0 Å². The molecule has 2 fully saturated rings. The monoisotopic (exact) mass is 293 g/mol. The summed E-state index contributed by atoms with van der Waals surface area (Å²) >= 11 is 0. The van der Waals surface area contributed by atoms with Gasteiger partial charge in [-0.1, -0.05) is 12.1 Å². The predicted octanol–water partition coefficient (Wildman–Crippen LogP) is 0.228. The van der Waals surface area contributed by atoms with Gasteiger partial charge in [-0.2, -0.15) is 0 Å². The van der Waals surface area contributed by atoms with E-state index in [4.69, 9.17) is 15.2 Å². The predicted molar refractivity (Wildman–Crippen MR) is 81.7 cm³/mol. The topological polar surface area (TPSA) is 76.8 Å². The fraction of sp³-hybridized carbons (Fsp3) is 0.533. The molecule has 0 bridgehead atoms. The lowest BCUT2D eigenvalue weighted by atomic mass is 10.1. The van der Waals surface area contributed by atoms with Crippen LogP contribution in [0.2, 0.25) is 0 Å². The number of nitrogens with two attached hydrogens (primary N) is 1. The molecule has 0 aliphatic carbocycles. The Morgan fingerprint density at radius 3 is 2.19 bits per heavy atom. The van der Waals surface area contributed by atoms with Gasteiger partial charge in [0.1, 0.15) is 0 Å². The van der Waals surface area contributed by atoms with Crippen molar-refractivity contribution < 1.29 is 14.3 Å². The normalized spacial score (nSPS) is 18.6. The number of primary amides is 1. The minimum atomic E-state index is -0.378. The molecule has 6 nitrogen and oxygen atoms in total. The minimum absolute atomic E-state index is 0.378. The Kier molecular flexibility index (Phi) is 6.46. The molecule has 116 valence electrons. The van der Waals surface area contributed by atoms with E-state index in [2.05, 4.69) is 10.2 Å². The van der Waals surface area contributed by atoms with E-state index < -0.39 is 0 Å². The van der Waals surface area contributed by atoms with Crippen molar-refractivity contribution in [1.29, 1.82) is 0 Å². The maximum atomic E-state index is 11.2. The van der Waals surface area contributed by atoms with Crippen LogP contribution in [0.3, 0.4) is 0 Å². The zero-order valence-corrected chi connectivity index (χ0v) is 12.2. The second kappa shape index (κ2) is 8.61. The quantitative estimate of drug-likeness (QED) is 0.816. The third kappa shape index (κ3) is 5.00. The highest BCUT2D eigenvalue weighted by atomic mass is 16.5. The molecule has 1 amide bonds. The number of rotatable bonds is 2. The van der Waals surface area contributed by atoms with Crippen molar-refractivity contribution in [3.05, 3.63) is 29.8 Å². The van der Waals surface area contributed by atoms with Crippen molar-refractivity contribution in [3.63, 3.8) is 0 Å². The molecule has 3 rings (SSSR count). The van der Waals surface area contributed by atoms with Gasteiger partial charge in [0.15, 0.2) is 0 Å². The minimum Gasteiger partial charge on any atom is -0.379 e. The number of amides is 1. The molecule has 6 heteroatoms. The summed E-state index contributed by atoms with van der Waals surface area (Å²) in [7, 11) is 0. The fourth-order valence-electron chi connectivity index (χ4n) is 2.28. The van der Waals surface area contributed by atoms with E-state index in [-0.39, 0.29) is 5.91 Å². The van der Waals surface area contributed by atoms with E-state index in [1.165, 1.54) is 0 Å². The van der Waals surface area contributed by atoms with E-state index in [9.17, 15) is 4.79 Å². The highest BCUT2D eigenvalue weighted by molar-refractivity contribution is 5.98. The van der Waals surface area contributed by atoms with Crippen LogP contribution < -0.4 is 16.0 Å². The number of carbonyl (C=O) groups is 1. The molecule has 21 heavy (non-hydrogen) atoms. The standard InChI is InChI=1S/C11H14N2O2.C4H9NO/c12-11(14)9-3-1-2-4-10(9)13-5-7-15-8-6-13;1-3-6-4-2-5-1/h1-4H,5-8H2,(H2,12,14);5H,1-4H2. The van der Waals surface area contributed by atoms with Gasteiger partial charge in [0, 0.05) is 31.9 Å². The molecule has 0 unspecified atom stereocenters. The van der Waals surface area contributed by atoms with E-state index in [0.717, 1.165) is 45.1 Å². The van der Waals surface area contributed by atoms with Crippen molar-refractivity contribution in [3.8, 4) is 0 Å². The number of hydrogen-bond donors (Lipinski definition) is 2. The first-order valence-corrected chi connectivity index (χ1v) is 7.29. The molecule has 0 saturated carbocycles. The van der Waals surface area contributed by atoms with Crippen molar-refractivity contribution >= 4 is 11.6 Å². The van der Waals surface area contributed by atoms with Crippen molar-refractivity contribution in [2.75, 3.05) is 57.5 Å². The van der Waals surface area contributed by atoms with Gasteiger partial charge >= 0.3 is 0 Å². The number of nitrogens with one attached hydrogen (secondary N) is 1. The van der Waals surface area contributed by atoms with Crippen LogP contribution in [0, 0.1) is 0 Å². The van der Waals surface area contributed by atoms with Crippen LogP contribution >= 0.6 is 0 Å². The Labute approximate surface area is 125 Å². The summed E-state index contributed by atoms with van der Waals surface area (Å²) in [6.07, 6.45) is 0. The molecular formula is C15H23N3O3. The molecule has 2 saturated heterocycles. The Morgan fingerprint density at radius 2 is 1.67 bits per heavy atom.